The van der Waals surface area contributed by atoms with Crippen LogP contribution in [0, 0.1) is 19.3 Å². The Hall–Kier alpha value is -0.450. The summed E-state index contributed by atoms with van der Waals surface area (Å²) in [4.78, 5) is 5.78. The van der Waals surface area contributed by atoms with Crippen molar-refractivity contribution in [2.45, 2.75) is 60.0 Å². The lowest BCUT2D eigenvalue weighted by molar-refractivity contribution is 0.188. The average molecular weight is 270 g/mol. The van der Waals surface area contributed by atoms with Gasteiger partial charge in [0.2, 0.25) is 0 Å². The maximum atomic E-state index is 9.19. The van der Waals surface area contributed by atoms with Crippen molar-refractivity contribution in [3.63, 3.8) is 0 Å². The first-order valence-corrected chi connectivity index (χ1v) is 7.38. The molecule has 2 N–H and O–H groups in total. The maximum Gasteiger partial charge on any atom is 0.0900 e. The lowest BCUT2D eigenvalue weighted by atomic mass is 9.84. The molecule has 0 spiro atoms. The van der Waals surface area contributed by atoms with Crippen molar-refractivity contribution in [2.75, 3.05) is 6.61 Å². The fourth-order valence-electron chi connectivity index (χ4n) is 2.22. The Bertz CT molecular complexity index is 382. The molecule has 1 rings (SSSR count). The van der Waals surface area contributed by atoms with E-state index >= 15 is 0 Å². The molecule has 3 nitrogen and oxygen atoms in total. The van der Waals surface area contributed by atoms with Crippen molar-refractivity contribution in [3.8, 4) is 0 Å². The highest BCUT2D eigenvalue weighted by molar-refractivity contribution is 7.11. The Labute approximate surface area is 115 Å². The Balaban J connectivity index is 2.78. The molecule has 0 aliphatic rings. The molecule has 2 unspecified atom stereocenters. The summed E-state index contributed by atoms with van der Waals surface area (Å²) in [6.07, 6.45) is 0.782. The predicted octanol–water partition coefficient (Wildman–Crippen LogP) is 3.21. The zero-order valence-corrected chi connectivity index (χ0v) is 13.2. The van der Waals surface area contributed by atoms with Crippen LogP contribution < -0.4 is 5.32 Å². The summed E-state index contributed by atoms with van der Waals surface area (Å²) in [5.41, 5.74) is 1.26. The predicted molar refractivity (Wildman–Crippen MR) is 78.1 cm³/mol. The second-order valence-electron chi connectivity index (χ2n) is 6.00. The fraction of sp³-hybridized carbons (Fsp3) is 0.786. The number of aliphatic hydroxyl groups is 1. The van der Waals surface area contributed by atoms with Crippen LogP contribution in [0.15, 0.2) is 0 Å². The van der Waals surface area contributed by atoms with Crippen molar-refractivity contribution in [1.82, 2.24) is 10.3 Å². The quantitative estimate of drug-likeness (QED) is 0.863. The molecule has 0 aliphatic carbocycles. The summed E-state index contributed by atoms with van der Waals surface area (Å²) in [6, 6.07) is 0.589. The zero-order chi connectivity index (χ0) is 13.9. The highest BCUT2D eigenvalue weighted by atomic mass is 32.1. The monoisotopic (exact) mass is 270 g/mol. The first-order valence-electron chi connectivity index (χ1n) is 6.56. The second-order valence-corrected chi connectivity index (χ2v) is 7.24. The van der Waals surface area contributed by atoms with E-state index in [1.165, 1.54) is 4.88 Å². The first kappa shape index (κ1) is 15.6. The largest absolute Gasteiger partial charge is 0.396 e. The van der Waals surface area contributed by atoms with Crippen molar-refractivity contribution in [3.05, 3.63) is 15.6 Å². The van der Waals surface area contributed by atoms with Gasteiger partial charge in [0.15, 0.2) is 0 Å². The summed E-state index contributed by atoms with van der Waals surface area (Å²) >= 11 is 1.76. The lowest BCUT2D eigenvalue weighted by Gasteiger charge is -2.33. The normalized spacial score (nSPS) is 15.7. The molecule has 1 aromatic heterocycles. The summed E-state index contributed by atoms with van der Waals surface area (Å²) in [5, 5.41) is 13.9. The van der Waals surface area contributed by atoms with Gasteiger partial charge in [-0.3, -0.25) is 0 Å². The molecule has 4 heteroatoms. The third-order valence-electron chi connectivity index (χ3n) is 3.25. The highest BCUT2D eigenvalue weighted by Gasteiger charge is 2.26. The van der Waals surface area contributed by atoms with Crippen LogP contribution in [0.2, 0.25) is 0 Å². The van der Waals surface area contributed by atoms with E-state index in [1.807, 2.05) is 6.92 Å². The van der Waals surface area contributed by atoms with Crippen molar-refractivity contribution in [2.24, 2.45) is 5.41 Å². The molecule has 0 saturated heterocycles. The maximum absolute atomic E-state index is 9.19. The molecule has 0 aliphatic heterocycles. The summed E-state index contributed by atoms with van der Waals surface area (Å²) in [6.45, 7) is 13.1. The van der Waals surface area contributed by atoms with E-state index in [9.17, 15) is 5.11 Å². The number of hydrogen-bond donors (Lipinski definition) is 2. The van der Waals surface area contributed by atoms with Crippen LogP contribution in [0.5, 0.6) is 0 Å². The van der Waals surface area contributed by atoms with Crippen LogP contribution in [-0.4, -0.2) is 22.7 Å². The fourth-order valence-corrected chi connectivity index (χ4v) is 3.16. The lowest BCUT2D eigenvalue weighted by Crippen LogP contribution is -2.42. The van der Waals surface area contributed by atoms with Crippen LogP contribution >= 0.6 is 11.3 Å². The van der Waals surface area contributed by atoms with Gasteiger partial charge in [-0.15, -0.1) is 11.3 Å². The van der Waals surface area contributed by atoms with Crippen molar-refractivity contribution in [1.29, 1.82) is 0 Å². The molecule has 0 bridgehead atoms. The number of aryl methyl sites for hydroxylation is 2. The minimum atomic E-state index is 0.143. The van der Waals surface area contributed by atoms with Gasteiger partial charge >= 0.3 is 0 Å². The minimum absolute atomic E-state index is 0.143. The van der Waals surface area contributed by atoms with Crippen LogP contribution in [0.3, 0.4) is 0 Å². The van der Waals surface area contributed by atoms with E-state index in [-0.39, 0.29) is 18.1 Å². The topological polar surface area (TPSA) is 45.2 Å². The smallest absolute Gasteiger partial charge is 0.0900 e. The van der Waals surface area contributed by atoms with Gasteiger partial charge in [0.1, 0.15) is 0 Å². The summed E-state index contributed by atoms with van der Waals surface area (Å²) < 4.78 is 0. The third-order valence-corrected chi connectivity index (χ3v) is 4.50. The van der Waals surface area contributed by atoms with Crippen LogP contribution in [0.1, 0.15) is 55.7 Å². The van der Waals surface area contributed by atoms with Gasteiger partial charge in [-0.1, -0.05) is 20.8 Å². The van der Waals surface area contributed by atoms with Crippen molar-refractivity contribution < 1.29 is 5.11 Å². The van der Waals surface area contributed by atoms with E-state index in [2.05, 4.69) is 44.9 Å². The molecule has 0 radical (unpaired) electrons. The van der Waals surface area contributed by atoms with E-state index < -0.39 is 0 Å². The SMILES string of the molecule is Cc1nc(C)c(C(C)NC(CCO)C(C)(C)C)s1. The highest BCUT2D eigenvalue weighted by Crippen LogP contribution is 2.28. The summed E-state index contributed by atoms with van der Waals surface area (Å²) in [7, 11) is 0. The van der Waals surface area contributed by atoms with Gasteiger partial charge in [0.05, 0.1) is 10.7 Å². The third kappa shape index (κ3) is 4.04. The molecule has 0 amide bonds. The molecular formula is C14H26N2OS. The second kappa shape index (κ2) is 6.13. The van der Waals surface area contributed by atoms with Crippen molar-refractivity contribution >= 4 is 11.3 Å². The first-order chi connectivity index (χ1) is 8.25. The number of rotatable bonds is 5. The number of aliphatic hydroxyl groups excluding tert-OH is 1. The Morgan fingerprint density at radius 1 is 1.33 bits per heavy atom. The number of nitrogens with zero attached hydrogens (tertiary/aromatic N) is 1. The number of nitrogens with one attached hydrogen (secondary N) is 1. The van der Waals surface area contributed by atoms with Gasteiger partial charge in [0, 0.05) is 23.6 Å². The molecule has 1 heterocycles. The standard InChI is InChI=1S/C14H26N2OS/c1-9-13(18-11(3)15-9)10(2)16-12(7-8-17)14(4,5)6/h10,12,16-17H,7-8H2,1-6H3. The van der Waals surface area contributed by atoms with Crippen LogP contribution in [-0.2, 0) is 0 Å². The molecular weight excluding hydrogens is 244 g/mol. The zero-order valence-electron chi connectivity index (χ0n) is 12.4. The molecule has 18 heavy (non-hydrogen) atoms. The number of hydrogen-bond acceptors (Lipinski definition) is 4. The van der Waals surface area contributed by atoms with Crippen LogP contribution in [0.4, 0.5) is 0 Å². The number of aromatic nitrogens is 1. The Morgan fingerprint density at radius 3 is 2.33 bits per heavy atom. The molecule has 0 fully saturated rings. The van der Waals surface area contributed by atoms with E-state index in [0.29, 0.717) is 6.04 Å². The Kier molecular flexibility index (Phi) is 5.32. The Morgan fingerprint density at radius 2 is 1.94 bits per heavy atom. The average Bonchev–Trinajstić information content (AvgIpc) is 2.55. The van der Waals surface area contributed by atoms with E-state index in [1.54, 1.807) is 11.3 Å². The van der Waals surface area contributed by atoms with E-state index in [4.69, 9.17) is 0 Å². The molecule has 1 aromatic rings. The van der Waals surface area contributed by atoms with Gasteiger partial charge in [0.25, 0.3) is 0 Å². The van der Waals surface area contributed by atoms with Gasteiger partial charge in [-0.2, -0.15) is 0 Å². The molecule has 104 valence electrons. The minimum Gasteiger partial charge on any atom is -0.396 e. The van der Waals surface area contributed by atoms with Gasteiger partial charge in [-0.05, 0) is 32.6 Å². The molecule has 0 aromatic carbocycles. The van der Waals surface area contributed by atoms with Crippen LogP contribution in [0.25, 0.3) is 0 Å². The van der Waals surface area contributed by atoms with Gasteiger partial charge in [-0.25, -0.2) is 4.98 Å². The molecule has 2 atom stereocenters. The summed E-state index contributed by atoms with van der Waals surface area (Å²) in [5.74, 6) is 0. The number of thiazole rings is 1. The van der Waals surface area contributed by atoms with Gasteiger partial charge < -0.3 is 10.4 Å². The van der Waals surface area contributed by atoms with E-state index in [0.717, 1.165) is 17.1 Å². The molecule has 0 saturated carbocycles.